The van der Waals surface area contributed by atoms with E-state index < -0.39 is 12.0 Å². The van der Waals surface area contributed by atoms with E-state index in [0.29, 0.717) is 26.1 Å². The molecule has 2 fully saturated rings. The molecule has 1 aromatic rings. The molecule has 124 valence electrons. The van der Waals surface area contributed by atoms with Crippen LogP contribution in [0.3, 0.4) is 0 Å². The number of aliphatic hydroxyl groups excluding tert-OH is 1. The molecule has 0 saturated carbocycles. The van der Waals surface area contributed by atoms with Gasteiger partial charge >= 0.3 is 0 Å². The van der Waals surface area contributed by atoms with Crippen molar-refractivity contribution in [3.8, 4) is 0 Å². The Balaban J connectivity index is 1.69. The number of hydrogen-bond acceptors (Lipinski definition) is 3. The van der Waals surface area contributed by atoms with Crippen molar-refractivity contribution in [1.82, 2.24) is 4.90 Å². The maximum atomic E-state index is 12.7. The van der Waals surface area contributed by atoms with Gasteiger partial charge in [-0.15, -0.1) is 0 Å². The van der Waals surface area contributed by atoms with Gasteiger partial charge in [0.1, 0.15) is 5.92 Å². The van der Waals surface area contributed by atoms with Crippen LogP contribution in [0, 0.1) is 18.8 Å². The zero-order valence-electron chi connectivity index (χ0n) is 13.7. The molecule has 0 radical (unpaired) electrons. The zero-order chi connectivity index (χ0) is 16.6. The fourth-order valence-electron chi connectivity index (χ4n) is 3.36. The summed E-state index contributed by atoms with van der Waals surface area (Å²) in [6.45, 7) is 5.54. The summed E-state index contributed by atoms with van der Waals surface area (Å²) in [5.74, 6) is -0.637. The first kappa shape index (κ1) is 16.0. The maximum absolute atomic E-state index is 12.7. The molecule has 3 unspecified atom stereocenters. The van der Waals surface area contributed by atoms with Crippen LogP contribution in [0.4, 0.5) is 5.69 Å². The Morgan fingerprint density at radius 3 is 2.52 bits per heavy atom. The van der Waals surface area contributed by atoms with Gasteiger partial charge in [-0.05, 0) is 37.8 Å². The molecule has 0 aromatic heterocycles. The third-order valence-corrected chi connectivity index (χ3v) is 5.08. The van der Waals surface area contributed by atoms with E-state index in [9.17, 15) is 14.7 Å². The summed E-state index contributed by atoms with van der Waals surface area (Å²) in [4.78, 5) is 28.7. The van der Waals surface area contributed by atoms with E-state index in [1.54, 1.807) is 9.80 Å². The number of β-amino-alcohol motifs (C(OH)–C–C–N with tert-alkyl or cyclic N) is 1. The van der Waals surface area contributed by atoms with Gasteiger partial charge in [0.25, 0.3) is 0 Å². The van der Waals surface area contributed by atoms with Crippen molar-refractivity contribution in [2.45, 2.75) is 32.8 Å². The highest BCUT2D eigenvalue weighted by atomic mass is 16.3. The predicted molar refractivity (Wildman–Crippen MR) is 88.0 cm³/mol. The number of rotatable bonds is 2. The molecule has 3 rings (SSSR count). The van der Waals surface area contributed by atoms with Crippen molar-refractivity contribution in [2.24, 2.45) is 11.8 Å². The summed E-state index contributed by atoms with van der Waals surface area (Å²) in [7, 11) is 0. The highest BCUT2D eigenvalue weighted by molar-refractivity contribution is 6.09. The number of aliphatic hydroxyl groups is 1. The van der Waals surface area contributed by atoms with Gasteiger partial charge in [-0.1, -0.05) is 24.6 Å². The summed E-state index contributed by atoms with van der Waals surface area (Å²) in [6.07, 6.45) is 0.848. The van der Waals surface area contributed by atoms with Gasteiger partial charge in [0.2, 0.25) is 11.8 Å². The highest BCUT2D eigenvalue weighted by Crippen LogP contribution is 2.28. The molecular weight excluding hydrogens is 292 g/mol. The van der Waals surface area contributed by atoms with Gasteiger partial charge < -0.3 is 14.9 Å². The molecule has 1 aromatic carbocycles. The van der Waals surface area contributed by atoms with Gasteiger partial charge in [-0.25, -0.2) is 0 Å². The lowest BCUT2D eigenvalue weighted by Gasteiger charge is -2.35. The van der Waals surface area contributed by atoms with Gasteiger partial charge in [0, 0.05) is 25.3 Å². The first-order valence-corrected chi connectivity index (χ1v) is 8.32. The van der Waals surface area contributed by atoms with E-state index in [4.69, 9.17) is 0 Å². The normalized spacial score (nSPS) is 28.3. The number of hydrogen-bond donors (Lipinski definition) is 1. The second-order valence-electron chi connectivity index (χ2n) is 6.78. The minimum Gasteiger partial charge on any atom is -0.391 e. The summed E-state index contributed by atoms with van der Waals surface area (Å²) in [6, 6.07) is 7.79. The Hall–Kier alpha value is -1.88. The summed E-state index contributed by atoms with van der Waals surface area (Å²) < 4.78 is 0. The molecule has 2 aliphatic rings. The number of benzene rings is 1. The van der Waals surface area contributed by atoms with Crippen LogP contribution in [0.15, 0.2) is 24.3 Å². The fraction of sp³-hybridized carbons (Fsp3) is 0.556. The van der Waals surface area contributed by atoms with Crippen LogP contribution in [0.1, 0.15) is 25.3 Å². The molecular formula is C18H24N2O3. The van der Waals surface area contributed by atoms with E-state index in [1.807, 2.05) is 38.1 Å². The number of carbonyl (C=O) groups is 2. The van der Waals surface area contributed by atoms with Gasteiger partial charge in [-0.3, -0.25) is 9.59 Å². The molecule has 2 aliphatic heterocycles. The third kappa shape index (κ3) is 3.11. The van der Waals surface area contributed by atoms with Gasteiger partial charge in [0.05, 0.1) is 6.10 Å². The Morgan fingerprint density at radius 2 is 1.87 bits per heavy atom. The minimum atomic E-state index is -0.600. The van der Waals surface area contributed by atoms with E-state index in [-0.39, 0.29) is 17.7 Å². The number of piperidine rings is 1. The molecule has 1 N–H and O–H groups in total. The molecule has 23 heavy (non-hydrogen) atoms. The van der Waals surface area contributed by atoms with Crippen molar-refractivity contribution in [3.63, 3.8) is 0 Å². The first-order valence-electron chi connectivity index (χ1n) is 8.32. The molecule has 5 heteroatoms. The Labute approximate surface area is 136 Å². The van der Waals surface area contributed by atoms with Crippen LogP contribution >= 0.6 is 0 Å². The Bertz CT molecular complexity index is 599. The van der Waals surface area contributed by atoms with E-state index >= 15 is 0 Å². The highest BCUT2D eigenvalue weighted by Gasteiger charge is 2.41. The van der Waals surface area contributed by atoms with E-state index in [2.05, 4.69) is 0 Å². The van der Waals surface area contributed by atoms with Crippen molar-refractivity contribution in [3.05, 3.63) is 29.8 Å². The zero-order valence-corrected chi connectivity index (χ0v) is 13.7. The molecule has 0 aliphatic carbocycles. The largest absolute Gasteiger partial charge is 0.391 e. The molecule has 0 bridgehead atoms. The van der Waals surface area contributed by atoms with Gasteiger partial charge in [-0.2, -0.15) is 0 Å². The second-order valence-corrected chi connectivity index (χ2v) is 6.78. The average molecular weight is 316 g/mol. The molecule has 2 saturated heterocycles. The van der Waals surface area contributed by atoms with Crippen LogP contribution in [0.5, 0.6) is 0 Å². The third-order valence-electron chi connectivity index (χ3n) is 5.08. The van der Waals surface area contributed by atoms with Crippen molar-refractivity contribution < 1.29 is 14.7 Å². The lowest BCUT2D eigenvalue weighted by molar-refractivity contribution is -0.143. The Kier molecular flexibility index (Phi) is 4.39. The number of carbonyl (C=O) groups excluding carboxylic acids is 2. The fourth-order valence-corrected chi connectivity index (χ4v) is 3.36. The number of amides is 2. The topological polar surface area (TPSA) is 60.9 Å². The van der Waals surface area contributed by atoms with Crippen molar-refractivity contribution in [1.29, 1.82) is 0 Å². The summed E-state index contributed by atoms with van der Waals surface area (Å²) >= 11 is 0. The molecule has 5 nitrogen and oxygen atoms in total. The van der Waals surface area contributed by atoms with Crippen molar-refractivity contribution >= 4 is 17.5 Å². The number of likely N-dealkylation sites (tertiary alicyclic amines) is 1. The number of aryl methyl sites for hydroxylation is 1. The molecule has 0 spiro atoms. The second kappa shape index (κ2) is 6.32. The minimum absolute atomic E-state index is 0.119. The van der Waals surface area contributed by atoms with Crippen LogP contribution in [0.2, 0.25) is 0 Å². The lowest BCUT2D eigenvalue weighted by atomic mass is 9.94. The maximum Gasteiger partial charge on any atom is 0.239 e. The lowest BCUT2D eigenvalue weighted by Crippen LogP contribution is -2.49. The van der Waals surface area contributed by atoms with Crippen LogP contribution in [-0.2, 0) is 9.59 Å². The van der Waals surface area contributed by atoms with Crippen LogP contribution < -0.4 is 4.90 Å². The van der Waals surface area contributed by atoms with E-state index in [0.717, 1.165) is 17.7 Å². The van der Waals surface area contributed by atoms with E-state index in [1.165, 1.54) is 0 Å². The summed E-state index contributed by atoms with van der Waals surface area (Å²) in [5, 5.41) is 9.97. The van der Waals surface area contributed by atoms with Crippen LogP contribution in [0.25, 0.3) is 0 Å². The standard InChI is InChI=1S/C18H24N2O3/c1-12-3-5-14(6-4-12)20-10-8-15(18(20)23)17(22)19-9-7-13(2)16(21)11-19/h3-6,13,15-16,21H,7-11H2,1-2H3. The number of anilines is 1. The SMILES string of the molecule is Cc1ccc(N2CCC(C(=O)N3CCC(C)C(O)C3)C2=O)cc1. The summed E-state index contributed by atoms with van der Waals surface area (Å²) in [5.41, 5.74) is 1.99. The first-order chi connectivity index (χ1) is 11.0. The van der Waals surface area contributed by atoms with Gasteiger partial charge in [0.15, 0.2) is 0 Å². The quantitative estimate of drug-likeness (QED) is 0.843. The van der Waals surface area contributed by atoms with Crippen LogP contribution in [-0.4, -0.2) is 47.6 Å². The molecule has 2 amide bonds. The molecule has 3 atom stereocenters. The monoisotopic (exact) mass is 316 g/mol. The Morgan fingerprint density at radius 1 is 1.17 bits per heavy atom. The van der Waals surface area contributed by atoms with Crippen molar-refractivity contribution in [2.75, 3.05) is 24.5 Å². The predicted octanol–water partition coefficient (Wildman–Crippen LogP) is 1.58. The average Bonchev–Trinajstić information content (AvgIpc) is 2.92. The molecule has 2 heterocycles. The smallest absolute Gasteiger partial charge is 0.239 e. The number of nitrogens with zero attached hydrogens (tertiary/aromatic N) is 2.